The molecule has 110 valence electrons. The SMILES string of the molecule is Cc1noc(C)c1CC(=O)N[C@H]1CCOc2ccccc21. The molecule has 0 bridgehead atoms. The number of hydrogen-bond acceptors (Lipinski definition) is 4. The van der Waals surface area contributed by atoms with Crippen molar-refractivity contribution in [2.45, 2.75) is 32.7 Å². The van der Waals surface area contributed by atoms with E-state index in [0.717, 1.165) is 29.0 Å². The zero-order chi connectivity index (χ0) is 14.8. The van der Waals surface area contributed by atoms with Crippen molar-refractivity contribution in [3.63, 3.8) is 0 Å². The molecule has 0 radical (unpaired) electrons. The van der Waals surface area contributed by atoms with Crippen LogP contribution in [0.2, 0.25) is 0 Å². The molecule has 1 aliphatic rings. The number of rotatable bonds is 3. The molecule has 1 amide bonds. The fraction of sp³-hybridized carbons (Fsp3) is 0.375. The van der Waals surface area contributed by atoms with Crippen molar-refractivity contribution in [2.75, 3.05) is 6.61 Å². The Balaban J connectivity index is 1.72. The van der Waals surface area contributed by atoms with Crippen molar-refractivity contribution < 1.29 is 14.1 Å². The molecule has 2 aromatic rings. The van der Waals surface area contributed by atoms with Gasteiger partial charge in [0.05, 0.1) is 24.8 Å². The van der Waals surface area contributed by atoms with Crippen molar-refractivity contribution in [1.82, 2.24) is 10.5 Å². The van der Waals surface area contributed by atoms with E-state index in [9.17, 15) is 4.79 Å². The second-order valence-corrected chi connectivity index (χ2v) is 5.27. The number of benzene rings is 1. The summed E-state index contributed by atoms with van der Waals surface area (Å²) in [5, 5.41) is 6.96. The molecule has 1 N–H and O–H groups in total. The Morgan fingerprint density at radius 3 is 2.95 bits per heavy atom. The van der Waals surface area contributed by atoms with Gasteiger partial charge < -0.3 is 14.6 Å². The highest BCUT2D eigenvalue weighted by molar-refractivity contribution is 5.79. The fourth-order valence-corrected chi connectivity index (χ4v) is 2.65. The van der Waals surface area contributed by atoms with Crippen molar-refractivity contribution >= 4 is 5.91 Å². The molecular formula is C16H18N2O3. The Morgan fingerprint density at radius 1 is 1.38 bits per heavy atom. The van der Waals surface area contributed by atoms with E-state index in [4.69, 9.17) is 9.26 Å². The number of nitrogens with one attached hydrogen (secondary N) is 1. The quantitative estimate of drug-likeness (QED) is 0.941. The number of carbonyl (C=O) groups excluding carboxylic acids is 1. The molecule has 0 unspecified atom stereocenters. The lowest BCUT2D eigenvalue weighted by molar-refractivity contribution is -0.121. The minimum absolute atomic E-state index is 0.00271. The Morgan fingerprint density at radius 2 is 2.19 bits per heavy atom. The number of nitrogens with zero attached hydrogens (tertiary/aromatic N) is 1. The predicted octanol–water partition coefficient (Wildman–Crippen LogP) is 2.47. The van der Waals surface area contributed by atoms with Gasteiger partial charge in [-0.15, -0.1) is 0 Å². The molecule has 1 aromatic carbocycles. The summed E-state index contributed by atoms with van der Waals surface area (Å²) in [5.74, 6) is 1.53. The largest absolute Gasteiger partial charge is 0.493 e. The summed E-state index contributed by atoms with van der Waals surface area (Å²) >= 11 is 0. The molecule has 0 aliphatic carbocycles. The van der Waals surface area contributed by atoms with E-state index in [2.05, 4.69) is 10.5 Å². The fourth-order valence-electron chi connectivity index (χ4n) is 2.65. The number of fused-ring (bicyclic) bond motifs is 1. The Labute approximate surface area is 123 Å². The maximum absolute atomic E-state index is 12.3. The average molecular weight is 286 g/mol. The van der Waals surface area contributed by atoms with Gasteiger partial charge in [0, 0.05) is 17.5 Å². The lowest BCUT2D eigenvalue weighted by Gasteiger charge is -2.26. The van der Waals surface area contributed by atoms with Gasteiger partial charge in [0.2, 0.25) is 5.91 Å². The number of para-hydroxylation sites is 1. The molecule has 5 nitrogen and oxygen atoms in total. The topological polar surface area (TPSA) is 64.4 Å². The van der Waals surface area contributed by atoms with Gasteiger partial charge in [-0.05, 0) is 19.9 Å². The third-order valence-electron chi connectivity index (χ3n) is 3.81. The molecule has 0 saturated carbocycles. The lowest BCUT2D eigenvalue weighted by Crippen LogP contribution is -2.33. The minimum atomic E-state index is -0.0221. The highest BCUT2D eigenvalue weighted by Gasteiger charge is 2.23. The summed E-state index contributed by atoms with van der Waals surface area (Å²) in [6.45, 7) is 4.29. The number of amides is 1. The van der Waals surface area contributed by atoms with Crippen LogP contribution in [0.25, 0.3) is 0 Å². The molecule has 1 aromatic heterocycles. The van der Waals surface area contributed by atoms with Crippen LogP contribution in [0.4, 0.5) is 0 Å². The van der Waals surface area contributed by atoms with E-state index in [-0.39, 0.29) is 11.9 Å². The molecule has 21 heavy (non-hydrogen) atoms. The second kappa shape index (κ2) is 5.60. The smallest absolute Gasteiger partial charge is 0.225 e. The van der Waals surface area contributed by atoms with E-state index < -0.39 is 0 Å². The van der Waals surface area contributed by atoms with Crippen molar-refractivity contribution in [3.05, 3.63) is 46.8 Å². The number of ether oxygens (including phenoxy) is 1. The maximum atomic E-state index is 12.3. The first-order chi connectivity index (χ1) is 10.1. The van der Waals surface area contributed by atoms with Gasteiger partial charge in [0.25, 0.3) is 0 Å². The van der Waals surface area contributed by atoms with Gasteiger partial charge in [-0.3, -0.25) is 4.79 Å². The summed E-state index contributed by atoms with van der Waals surface area (Å²) in [6, 6.07) is 7.83. The molecule has 1 aliphatic heterocycles. The molecular weight excluding hydrogens is 268 g/mol. The van der Waals surface area contributed by atoms with Crippen LogP contribution in [0.15, 0.2) is 28.8 Å². The predicted molar refractivity (Wildman–Crippen MR) is 77.1 cm³/mol. The average Bonchev–Trinajstić information content (AvgIpc) is 2.79. The molecule has 1 atom stereocenters. The van der Waals surface area contributed by atoms with Gasteiger partial charge in [-0.25, -0.2) is 0 Å². The first-order valence-electron chi connectivity index (χ1n) is 7.08. The minimum Gasteiger partial charge on any atom is -0.493 e. The zero-order valence-corrected chi connectivity index (χ0v) is 12.2. The third kappa shape index (κ3) is 2.77. The van der Waals surface area contributed by atoms with Crippen LogP contribution in [0.5, 0.6) is 5.75 Å². The van der Waals surface area contributed by atoms with Crippen molar-refractivity contribution in [1.29, 1.82) is 0 Å². The Hall–Kier alpha value is -2.30. The van der Waals surface area contributed by atoms with E-state index in [1.165, 1.54) is 0 Å². The van der Waals surface area contributed by atoms with Crippen LogP contribution in [0, 0.1) is 13.8 Å². The highest BCUT2D eigenvalue weighted by Crippen LogP contribution is 2.31. The Kier molecular flexibility index (Phi) is 3.64. The highest BCUT2D eigenvalue weighted by atomic mass is 16.5. The van der Waals surface area contributed by atoms with E-state index in [1.807, 2.05) is 38.1 Å². The van der Waals surface area contributed by atoms with Crippen LogP contribution in [0.1, 0.15) is 35.0 Å². The van der Waals surface area contributed by atoms with Crippen LogP contribution in [-0.2, 0) is 11.2 Å². The molecule has 0 fully saturated rings. The van der Waals surface area contributed by atoms with Crippen LogP contribution in [0.3, 0.4) is 0 Å². The molecule has 0 spiro atoms. The van der Waals surface area contributed by atoms with E-state index in [1.54, 1.807) is 0 Å². The van der Waals surface area contributed by atoms with E-state index >= 15 is 0 Å². The summed E-state index contributed by atoms with van der Waals surface area (Å²) in [6.07, 6.45) is 1.07. The lowest BCUT2D eigenvalue weighted by atomic mass is 10.00. The molecule has 3 rings (SSSR count). The Bertz CT molecular complexity index is 644. The van der Waals surface area contributed by atoms with Gasteiger partial charge in [-0.2, -0.15) is 0 Å². The zero-order valence-electron chi connectivity index (χ0n) is 12.2. The standard InChI is InChI=1S/C16H18N2O3/c1-10-13(11(2)21-18-10)9-16(19)17-14-7-8-20-15-6-4-3-5-12(14)15/h3-6,14H,7-9H2,1-2H3,(H,17,19)/t14-/m0/s1. The van der Waals surface area contributed by atoms with Gasteiger partial charge in [0.15, 0.2) is 0 Å². The van der Waals surface area contributed by atoms with Crippen molar-refractivity contribution in [2.24, 2.45) is 0 Å². The maximum Gasteiger partial charge on any atom is 0.225 e. The van der Waals surface area contributed by atoms with Gasteiger partial charge in [0.1, 0.15) is 11.5 Å². The monoisotopic (exact) mass is 286 g/mol. The van der Waals surface area contributed by atoms with Gasteiger partial charge >= 0.3 is 0 Å². The number of hydrogen-bond donors (Lipinski definition) is 1. The second-order valence-electron chi connectivity index (χ2n) is 5.27. The normalized spacial score (nSPS) is 17.0. The number of aromatic nitrogens is 1. The van der Waals surface area contributed by atoms with E-state index in [0.29, 0.717) is 18.8 Å². The molecule has 2 heterocycles. The van der Waals surface area contributed by atoms with Crippen molar-refractivity contribution in [3.8, 4) is 5.75 Å². The van der Waals surface area contributed by atoms with Crippen LogP contribution in [-0.4, -0.2) is 17.7 Å². The summed E-state index contributed by atoms with van der Waals surface area (Å²) < 4.78 is 10.7. The van der Waals surface area contributed by atoms with Crippen LogP contribution >= 0.6 is 0 Å². The molecule has 5 heteroatoms. The first kappa shape index (κ1) is 13.7. The number of carbonyl (C=O) groups is 1. The summed E-state index contributed by atoms with van der Waals surface area (Å²) in [4.78, 5) is 12.3. The molecule has 0 saturated heterocycles. The first-order valence-corrected chi connectivity index (χ1v) is 7.08. The van der Waals surface area contributed by atoms with Gasteiger partial charge in [-0.1, -0.05) is 23.4 Å². The number of aryl methyl sites for hydroxylation is 2. The third-order valence-corrected chi connectivity index (χ3v) is 3.81. The summed E-state index contributed by atoms with van der Waals surface area (Å²) in [7, 11) is 0. The summed E-state index contributed by atoms with van der Waals surface area (Å²) in [5.41, 5.74) is 2.68. The van der Waals surface area contributed by atoms with Crippen LogP contribution < -0.4 is 10.1 Å².